The second kappa shape index (κ2) is 5.56. The third-order valence-electron chi connectivity index (χ3n) is 3.43. The average Bonchev–Trinajstić information content (AvgIpc) is 2.69. The fourth-order valence-electron chi connectivity index (χ4n) is 2.26. The minimum Gasteiger partial charge on any atom is -0.489 e. The molecule has 0 spiro atoms. The van der Waals surface area contributed by atoms with Gasteiger partial charge in [0.2, 0.25) is 0 Å². The number of hydrogen-bond donors (Lipinski definition) is 0. The molecule has 1 aliphatic heterocycles. The van der Waals surface area contributed by atoms with Gasteiger partial charge in [-0.05, 0) is 23.8 Å². The summed E-state index contributed by atoms with van der Waals surface area (Å²) in [5, 5.41) is 0. The van der Waals surface area contributed by atoms with Crippen LogP contribution in [-0.2, 0) is 0 Å². The smallest absolute Gasteiger partial charge is 0.161 e. The topological polar surface area (TPSA) is 35.5 Å². The van der Waals surface area contributed by atoms with E-state index in [1.54, 1.807) is 30.3 Å². The Morgan fingerprint density at radius 3 is 2.57 bits per heavy atom. The maximum Gasteiger partial charge on any atom is 0.161 e. The highest BCUT2D eigenvalue weighted by Crippen LogP contribution is 2.35. The van der Waals surface area contributed by atoms with Gasteiger partial charge in [-0.25, -0.2) is 4.39 Å². The SMILES string of the molecule is CC1COc2ccc(-c3ccc(C=O)cc3F)cc2OC1. The van der Waals surface area contributed by atoms with E-state index in [9.17, 15) is 9.18 Å². The molecule has 0 radical (unpaired) electrons. The second-order valence-electron chi connectivity index (χ2n) is 5.25. The van der Waals surface area contributed by atoms with E-state index in [1.807, 2.05) is 6.92 Å². The van der Waals surface area contributed by atoms with E-state index in [2.05, 4.69) is 0 Å². The summed E-state index contributed by atoms with van der Waals surface area (Å²) in [5.41, 5.74) is 1.45. The van der Waals surface area contributed by atoms with E-state index < -0.39 is 5.82 Å². The number of hydrogen-bond acceptors (Lipinski definition) is 3. The normalized spacial score (nSPS) is 17.1. The molecule has 1 heterocycles. The van der Waals surface area contributed by atoms with Gasteiger partial charge >= 0.3 is 0 Å². The molecule has 108 valence electrons. The van der Waals surface area contributed by atoms with Crippen LogP contribution in [0.2, 0.25) is 0 Å². The maximum atomic E-state index is 14.1. The quantitative estimate of drug-likeness (QED) is 0.789. The number of carbonyl (C=O) groups is 1. The summed E-state index contributed by atoms with van der Waals surface area (Å²) < 4.78 is 25.4. The fourth-order valence-corrected chi connectivity index (χ4v) is 2.26. The second-order valence-corrected chi connectivity index (χ2v) is 5.25. The highest BCUT2D eigenvalue weighted by Gasteiger charge is 2.16. The third kappa shape index (κ3) is 2.75. The van der Waals surface area contributed by atoms with Crippen LogP contribution in [0.4, 0.5) is 4.39 Å². The number of rotatable bonds is 2. The monoisotopic (exact) mass is 286 g/mol. The van der Waals surface area contributed by atoms with Gasteiger partial charge in [0.05, 0.1) is 13.2 Å². The van der Waals surface area contributed by atoms with Gasteiger partial charge in [0.25, 0.3) is 0 Å². The lowest BCUT2D eigenvalue weighted by molar-refractivity contribution is 0.112. The zero-order valence-corrected chi connectivity index (χ0v) is 11.6. The Bertz CT molecular complexity index is 682. The van der Waals surface area contributed by atoms with Gasteiger partial charge in [0, 0.05) is 17.0 Å². The Balaban J connectivity index is 1.99. The van der Waals surface area contributed by atoms with Crippen LogP contribution < -0.4 is 9.47 Å². The Kier molecular flexibility index (Phi) is 3.60. The summed E-state index contributed by atoms with van der Waals surface area (Å²) in [7, 11) is 0. The first-order valence-electron chi connectivity index (χ1n) is 6.82. The van der Waals surface area contributed by atoms with E-state index in [0.717, 1.165) is 0 Å². The van der Waals surface area contributed by atoms with Crippen molar-refractivity contribution in [2.45, 2.75) is 6.92 Å². The van der Waals surface area contributed by atoms with Gasteiger partial charge in [0.1, 0.15) is 12.1 Å². The molecule has 0 fully saturated rings. The summed E-state index contributed by atoms with van der Waals surface area (Å²) in [6.45, 7) is 3.22. The Morgan fingerprint density at radius 1 is 1.10 bits per heavy atom. The molecule has 2 aromatic rings. The lowest BCUT2D eigenvalue weighted by Gasteiger charge is -2.10. The molecule has 1 unspecified atom stereocenters. The number of halogens is 1. The maximum absolute atomic E-state index is 14.1. The first kappa shape index (κ1) is 13.6. The molecule has 21 heavy (non-hydrogen) atoms. The van der Waals surface area contributed by atoms with Gasteiger partial charge in [-0.15, -0.1) is 0 Å². The summed E-state index contributed by atoms with van der Waals surface area (Å²) in [6, 6.07) is 9.77. The van der Waals surface area contributed by atoms with Gasteiger partial charge < -0.3 is 9.47 Å². The average molecular weight is 286 g/mol. The number of ether oxygens (including phenoxy) is 2. The largest absolute Gasteiger partial charge is 0.489 e. The third-order valence-corrected chi connectivity index (χ3v) is 3.43. The number of benzene rings is 2. The van der Waals surface area contributed by atoms with Crippen LogP contribution in [0.15, 0.2) is 36.4 Å². The van der Waals surface area contributed by atoms with Gasteiger partial charge in [-0.3, -0.25) is 4.79 Å². The standard InChI is InChI=1S/C17H15FO3/c1-11-9-20-16-5-3-13(7-17(16)21-10-11)14-4-2-12(8-19)6-15(14)18/h2-8,11H,9-10H2,1H3. The van der Waals surface area contributed by atoms with Gasteiger partial charge in [-0.2, -0.15) is 0 Å². The lowest BCUT2D eigenvalue weighted by Crippen LogP contribution is -2.12. The Labute approximate surface area is 122 Å². The highest BCUT2D eigenvalue weighted by molar-refractivity contribution is 5.77. The summed E-state index contributed by atoms with van der Waals surface area (Å²) in [5.74, 6) is 1.18. The van der Waals surface area contributed by atoms with Crippen LogP contribution in [0.1, 0.15) is 17.3 Å². The number of aldehydes is 1. The molecule has 1 aliphatic rings. The minimum atomic E-state index is -0.428. The molecular formula is C17H15FO3. The van der Waals surface area contributed by atoms with Crippen molar-refractivity contribution in [3.63, 3.8) is 0 Å². The van der Waals surface area contributed by atoms with Crippen molar-refractivity contribution in [3.05, 3.63) is 47.8 Å². The van der Waals surface area contributed by atoms with E-state index in [1.165, 1.54) is 6.07 Å². The van der Waals surface area contributed by atoms with Crippen molar-refractivity contribution in [2.75, 3.05) is 13.2 Å². The van der Waals surface area contributed by atoms with Crippen molar-refractivity contribution in [2.24, 2.45) is 5.92 Å². The van der Waals surface area contributed by atoms with E-state index in [-0.39, 0.29) is 0 Å². The van der Waals surface area contributed by atoms with Crippen LogP contribution >= 0.6 is 0 Å². The molecule has 2 aromatic carbocycles. The molecule has 3 rings (SSSR count). The molecule has 0 aromatic heterocycles. The van der Waals surface area contributed by atoms with Gasteiger partial charge in [0.15, 0.2) is 11.5 Å². The molecule has 0 aliphatic carbocycles. The first-order chi connectivity index (χ1) is 10.2. The molecule has 1 atom stereocenters. The molecule has 3 nitrogen and oxygen atoms in total. The van der Waals surface area contributed by atoms with Crippen molar-refractivity contribution < 1.29 is 18.7 Å². The van der Waals surface area contributed by atoms with Crippen molar-refractivity contribution in [3.8, 4) is 22.6 Å². The van der Waals surface area contributed by atoms with Crippen molar-refractivity contribution in [1.82, 2.24) is 0 Å². The fraction of sp³-hybridized carbons (Fsp3) is 0.235. The molecule has 0 amide bonds. The Hall–Kier alpha value is -2.36. The van der Waals surface area contributed by atoms with Crippen LogP contribution in [-0.4, -0.2) is 19.5 Å². The Morgan fingerprint density at radius 2 is 1.86 bits per heavy atom. The summed E-state index contributed by atoms with van der Waals surface area (Å²) in [6.07, 6.45) is 0.627. The van der Waals surface area contributed by atoms with Crippen LogP contribution in [0.5, 0.6) is 11.5 Å². The van der Waals surface area contributed by atoms with Crippen LogP contribution in [0.25, 0.3) is 11.1 Å². The zero-order chi connectivity index (χ0) is 14.8. The molecular weight excluding hydrogens is 271 g/mol. The highest BCUT2D eigenvalue weighted by atomic mass is 19.1. The van der Waals surface area contributed by atoms with E-state index in [0.29, 0.717) is 53.6 Å². The summed E-state index contributed by atoms with van der Waals surface area (Å²) >= 11 is 0. The van der Waals surface area contributed by atoms with Gasteiger partial charge in [-0.1, -0.05) is 25.1 Å². The predicted molar refractivity (Wildman–Crippen MR) is 77.4 cm³/mol. The lowest BCUT2D eigenvalue weighted by atomic mass is 10.0. The molecule has 0 bridgehead atoms. The molecule has 4 heteroatoms. The minimum absolute atomic E-state index is 0.310. The number of carbonyl (C=O) groups excluding carboxylic acids is 1. The van der Waals surface area contributed by atoms with E-state index >= 15 is 0 Å². The molecule has 0 saturated carbocycles. The van der Waals surface area contributed by atoms with Crippen LogP contribution in [0, 0.1) is 11.7 Å². The molecule has 0 saturated heterocycles. The zero-order valence-electron chi connectivity index (χ0n) is 11.6. The van der Waals surface area contributed by atoms with E-state index in [4.69, 9.17) is 9.47 Å². The summed E-state index contributed by atoms with van der Waals surface area (Å²) in [4.78, 5) is 10.7. The first-order valence-corrected chi connectivity index (χ1v) is 6.82. The number of fused-ring (bicyclic) bond motifs is 1. The molecule has 0 N–H and O–H groups in total. The van der Waals surface area contributed by atoms with Crippen molar-refractivity contribution in [1.29, 1.82) is 0 Å². The predicted octanol–water partition coefficient (Wildman–Crippen LogP) is 3.71. The van der Waals surface area contributed by atoms with Crippen molar-refractivity contribution >= 4 is 6.29 Å². The van der Waals surface area contributed by atoms with Crippen LogP contribution in [0.3, 0.4) is 0 Å².